The fraction of sp³-hybridized carbons (Fsp3) is 0.250. The van der Waals surface area contributed by atoms with Crippen LogP contribution < -0.4 is 10.5 Å². The van der Waals surface area contributed by atoms with Crippen molar-refractivity contribution < 1.29 is 4.74 Å². The summed E-state index contributed by atoms with van der Waals surface area (Å²) in [5.41, 5.74) is 7.81. The third-order valence-corrected chi connectivity index (χ3v) is 2.31. The molecule has 0 saturated carbocycles. The van der Waals surface area contributed by atoms with Crippen LogP contribution in [0.2, 0.25) is 0 Å². The first-order chi connectivity index (χ1) is 7.66. The molecule has 3 N–H and O–H groups in total. The molecular weight excluding hydrogens is 202 g/mol. The zero-order valence-corrected chi connectivity index (χ0v) is 9.40. The number of nitrogens with one attached hydrogen (secondary N) is 1. The zero-order chi connectivity index (χ0) is 11.5. The van der Waals surface area contributed by atoms with Gasteiger partial charge >= 0.3 is 0 Å². The molecule has 4 nitrogen and oxygen atoms in total. The molecule has 0 aliphatic rings. The van der Waals surface area contributed by atoms with Gasteiger partial charge in [-0.3, -0.25) is 5.10 Å². The van der Waals surface area contributed by atoms with Gasteiger partial charge in [-0.1, -0.05) is 18.2 Å². The van der Waals surface area contributed by atoms with Gasteiger partial charge in [0, 0.05) is 23.4 Å². The lowest BCUT2D eigenvalue weighted by Gasteiger charge is -2.11. The monoisotopic (exact) mass is 217 g/mol. The third kappa shape index (κ3) is 2.23. The molecule has 1 atom stereocenters. The molecular formula is C12H15N3O. The molecule has 4 heteroatoms. The van der Waals surface area contributed by atoms with Gasteiger partial charge in [-0.15, -0.1) is 5.10 Å². The van der Waals surface area contributed by atoms with Crippen molar-refractivity contribution in [3.05, 3.63) is 41.6 Å². The van der Waals surface area contributed by atoms with Gasteiger partial charge in [0.25, 0.3) is 0 Å². The minimum atomic E-state index is -0.0590. The van der Waals surface area contributed by atoms with Gasteiger partial charge in [0.15, 0.2) is 0 Å². The van der Waals surface area contributed by atoms with Crippen LogP contribution in [0, 0.1) is 6.92 Å². The standard InChI is InChI=1S/C12H15N3O/c1-8-7-12(15-14-8)16-11-6-4-3-5-10(11)9(2)13/h3-7,9H,13H2,1-2H3,(H,14,15)/t9-/m0/s1. The first kappa shape index (κ1) is 10.7. The normalized spacial score (nSPS) is 12.4. The zero-order valence-electron chi connectivity index (χ0n) is 9.40. The number of aromatic amines is 1. The van der Waals surface area contributed by atoms with Gasteiger partial charge < -0.3 is 10.5 Å². The van der Waals surface area contributed by atoms with Gasteiger partial charge in [0.2, 0.25) is 5.88 Å². The lowest BCUT2D eigenvalue weighted by Crippen LogP contribution is -2.06. The van der Waals surface area contributed by atoms with Crippen molar-refractivity contribution in [2.45, 2.75) is 19.9 Å². The summed E-state index contributed by atoms with van der Waals surface area (Å²) in [5, 5.41) is 6.85. The van der Waals surface area contributed by atoms with Crippen molar-refractivity contribution in [3.8, 4) is 11.6 Å². The summed E-state index contributed by atoms with van der Waals surface area (Å²) in [6.45, 7) is 3.86. The number of hydrogen-bond donors (Lipinski definition) is 2. The van der Waals surface area contributed by atoms with Crippen molar-refractivity contribution in [2.24, 2.45) is 5.73 Å². The summed E-state index contributed by atoms with van der Waals surface area (Å²) in [7, 11) is 0. The van der Waals surface area contributed by atoms with E-state index in [0.29, 0.717) is 5.88 Å². The topological polar surface area (TPSA) is 63.9 Å². The molecule has 0 amide bonds. The van der Waals surface area contributed by atoms with Crippen LogP contribution in [0.4, 0.5) is 0 Å². The van der Waals surface area contributed by atoms with E-state index < -0.39 is 0 Å². The van der Waals surface area contributed by atoms with Crippen molar-refractivity contribution in [1.82, 2.24) is 10.2 Å². The molecule has 1 aromatic heterocycles. The Morgan fingerprint density at radius 1 is 1.38 bits per heavy atom. The second-order valence-electron chi connectivity index (χ2n) is 3.82. The van der Waals surface area contributed by atoms with Crippen molar-refractivity contribution in [2.75, 3.05) is 0 Å². The number of aromatic nitrogens is 2. The Balaban J connectivity index is 2.27. The van der Waals surface area contributed by atoms with Crippen molar-refractivity contribution in [3.63, 3.8) is 0 Å². The number of rotatable bonds is 3. The van der Waals surface area contributed by atoms with Crippen LogP contribution in [0.15, 0.2) is 30.3 Å². The van der Waals surface area contributed by atoms with Gasteiger partial charge in [-0.05, 0) is 19.9 Å². The van der Waals surface area contributed by atoms with E-state index in [9.17, 15) is 0 Å². The quantitative estimate of drug-likeness (QED) is 0.830. The molecule has 0 saturated heterocycles. The Bertz CT molecular complexity index is 477. The molecule has 0 radical (unpaired) electrons. The minimum absolute atomic E-state index is 0.0590. The highest BCUT2D eigenvalue weighted by atomic mass is 16.5. The number of nitrogens with zero attached hydrogens (tertiary/aromatic N) is 1. The van der Waals surface area contributed by atoms with Crippen LogP contribution in [0.25, 0.3) is 0 Å². The highest BCUT2D eigenvalue weighted by Crippen LogP contribution is 2.27. The van der Waals surface area contributed by atoms with Crippen LogP contribution in [0.5, 0.6) is 11.6 Å². The summed E-state index contributed by atoms with van der Waals surface area (Å²) in [4.78, 5) is 0. The largest absolute Gasteiger partial charge is 0.437 e. The Hall–Kier alpha value is -1.81. The average molecular weight is 217 g/mol. The molecule has 0 fully saturated rings. The fourth-order valence-corrected chi connectivity index (χ4v) is 1.51. The highest BCUT2D eigenvalue weighted by molar-refractivity contribution is 5.37. The highest BCUT2D eigenvalue weighted by Gasteiger charge is 2.09. The lowest BCUT2D eigenvalue weighted by molar-refractivity contribution is 0.452. The number of benzene rings is 1. The number of nitrogens with two attached hydrogens (primary N) is 1. The van der Waals surface area contributed by atoms with E-state index in [4.69, 9.17) is 10.5 Å². The van der Waals surface area contributed by atoms with E-state index in [0.717, 1.165) is 17.0 Å². The third-order valence-electron chi connectivity index (χ3n) is 2.31. The first-order valence-corrected chi connectivity index (χ1v) is 5.21. The summed E-state index contributed by atoms with van der Waals surface area (Å²) >= 11 is 0. The molecule has 16 heavy (non-hydrogen) atoms. The molecule has 84 valence electrons. The van der Waals surface area contributed by atoms with Crippen LogP contribution in [0.3, 0.4) is 0 Å². The Labute approximate surface area is 94.4 Å². The van der Waals surface area contributed by atoms with Crippen LogP contribution in [-0.2, 0) is 0 Å². The number of ether oxygens (including phenoxy) is 1. The van der Waals surface area contributed by atoms with Gasteiger partial charge in [0.05, 0.1) is 0 Å². The molecule has 2 rings (SSSR count). The molecule has 0 aliphatic carbocycles. The second-order valence-corrected chi connectivity index (χ2v) is 3.82. The van der Waals surface area contributed by atoms with Crippen LogP contribution >= 0.6 is 0 Å². The second kappa shape index (κ2) is 4.37. The maximum absolute atomic E-state index is 5.87. The van der Waals surface area contributed by atoms with E-state index in [1.165, 1.54) is 0 Å². The van der Waals surface area contributed by atoms with Crippen molar-refractivity contribution >= 4 is 0 Å². The predicted octanol–water partition coefficient (Wildman–Crippen LogP) is 2.53. The molecule has 1 heterocycles. The summed E-state index contributed by atoms with van der Waals surface area (Å²) < 4.78 is 5.67. The van der Waals surface area contributed by atoms with E-state index in [1.807, 2.05) is 44.2 Å². The molecule has 0 aliphatic heterocycles. The van der Waals surface area contributed by atoms with Crippen molar-refractivity contribution in [1.29, 1.82) is 0 Å². The average Bonchev–Trinajstić information content (AvgIpc) is 2.64. The predicted molar refractivity (Wildman–Crippen MR) is 62.4 cm³/mol. The fourth-order valence-electron chi connectivity index (χ4n) is 1.51. The Morgan fingerprint density at radius 2 is 2.12 bits per heavy atom. The first-order valence-electron chi connectivity index (χ1n) is 5.21. The van der Waals surface area contributed by atoms with Crippen LogP contribution in [0.1, 0.15) is 24.2 Å². The lowest BCUT2D eigenvalue weighted by atomic mass is 10.1. The van der Waals surface area contributed by atoms with Gasteiger partial charge in [-0.2, -0.15) is 0 Å². The van der Waals surface area contributed by atoms with E-state index in [-0.39, 0.29) is 6.04 Å². The minimum Gasteiger partial charge on any atom is -0.437 e. The summed E-state index contributed by atoms with van der Waals surface area (Å²) in [6, 6.07) is 9.50. The van der Waals surface area contributed by atoms with Gasteiger partial charge in [-0.25, -0.2) is 0 Å². The maximum atomic E-state index is 5.87. The Kier molecular flexibility index (Phi) is 2.92. The smallest absolute Gasteiger partial charge is 0.238 e. The van der Waals surface area contributed by atoms with E-state index >= 15 is 0 Å². The van der Waals surface area contributed by atoms with E-state index in [2.05, 4.69) is 10.2 Å². The molecule has 0 unspecified atom stereocenters. The number of H-pyrrole nitrogens is 1. The van der Waals surface area contributed by atoms with Gasteiger partial charge in [0.1, 0.15) is 5.75 Å². The molecule has 1 aromatic carbocycles. The summed E-state index contributed by atoms with van der Waals surface area (Å²) in [6.07, 6.45) is 0. The number of aryl methyl sites for hydroxylation is 1. The molecule has 2 aromatic rings. The number of hydrogen-bond acceptors (Lipinski definition) is 3. The Morgan fingerprint density at radius 3 is 2.75 bits per heavy atom. The van der Waals surface area contributed by atoms with Crippen LogP contribution in [-0.4, -0.2) is 10.2 Å². The maximum Gasteiger partial charge on any atom is 0.238 e. The summed E-state index contributed by atoms with van der Waals surface area (Å²) in [5.74, 6) is 1.31. The van der Waals surface area contributed by atoms with E-state index in [1.54, 1.807) is 0 Å². The molecule has 0 spiro atoms. The molecule has 0 bridgehead atoms. The SMILES string of the molecule is Cc1cc(Oc2ccccc2[C@H](C)N)n[nH]1. The number of para-hydroxylation sites is 1.